The van der Waals surface area contributed by atoms with Gasteiger partial charge < -0.3 is 10.8 Å². The topological polar surface area (TPSA) is 46.2 Å². The number of halogens is 1. The number of phenols is 1. The summed E-state index contributed by atoms with van der Waals surface area (Å²) in [5.74, 6) is 0.214. The second kappa shape index (κ2) is 3.83. The molecule has 0 aromatic heterocycles. The van der Waals surface area contributed by atoms with E-state index >= 15 is 0 Å². The summed E-state index contributed by atoms with van der Waals surface area (Å²) >= 11 is 5.78. The van der Waals surface area contributed by atoms with Crippen LogP contribution >= 0.6 is 11.6 Å². The fourth-order valence-electron chi connectivity index (χ4n) is 1.41. The molecule has 2 aromatic rings. The third-order valence-electron chi connectivity index (χ3n) is 2.18. The average Bonchev–Trinajstić information content (AvgIpc) is 2.23. The number of hydrogen-bond donors (Lipinski definition) is 2. The Hall–Kier alpha value is -1.67. The Bertz CT molecular complexity index is 479. The maximum absolute atomic E-state index is 9.67. The van der Waals surface area contributed by atoms with Crippen LogP contribution in [0.4, 0.5) is 5.69 Å². The minimum Gasteiger partial charge on any atom is -0.507 e. The summed E-state index contributed by atoms with van der Waals surface area (Å²) in [4.78, 5) is 0. The molecule has 0 saturated heterocycles. The van der Waals surface area contributed by atoms with Gasteiger partial charge in [0.25, 0.3) is 0 Å². The van der Waals surface area contributed by atoms with Crippen molar-refractivity contribution in [1.29, 1.82) is 0 Å². The van der Waals surface area contributed by atoms with Crippen molar-refractivity contribution >= 4 is 17.3 Å². The molecule has 2 rings (SSSR count). The molecule has 3 heteroatoms. The average molecular weight is 220 g/mol. The van der Waals surface area contributed by atoms with Gasteiger partial charge in [0, 0.05) is 16.3 Å². The highest BCUT2D eigenvalue weighted by atomic mass is 35.5. The molecule has 76 valence electrons. The molecule has 0 aliphatic rings. The van der Waals surface area contributed by atoms with Gasteiger partial charge in [-0.3, -0.25) is 0 Å². The Morgan fingerprint density at radius 2 is 1.67 bits per heavy atom. The number of rotatable bonds is 1. The SMILES string of the molecule is Nc1ccc(O)c(-c2ccc(Cl)cc2)c1. The molecule has 0 spiro atoms. The van der Waals surface area contributed by atoms with Crippen LogP contribution in [0.25, 0.3) is 11.1 Å². The zero-order valence-electron chi connectivity index (χ0n) is 7.94. The molecule has 3 N–H and O–H groups in total. The van der Waals surface area contributed by atoms with Crippen molar-refractivity contribution in [3.63, 3.8) is 0 Å². The quantitative estimate of drug-likeness (QED) is 0.571. The first-order chi connectivity index (χ1) is 7.16. The number of nitrogen functional groups attached to an aromatic ring is 1. The standard InChI is InChI=1S/C12H10ClNO/c13-9-3-1-8(2-4-9)11-7-10(14)5-6-12(11)15/h1-7,15H,14H2. The fraction of sp³-hybridized carbons (Fsp3) is 0. The second-order valence-corrected chi connectivity index (χ2v) is 3.72. The van der Waals surface area contributed by atoms with Crippen molar-refractivity contribution in [2.24, 2.45) is 0 Å². The molecular weight excluding hydrogens is 210 g/mol. The number of anilines is 1. The van der Waals surface area contributed by atoms with Gasteiger partial charge >= 0.3 is 0 Å². The smallest absolute Gasteiger partial charge is 0.123 e. The van der Waals surface area contributed by atoms with Crippen molar-refractivity contribution in [2.75, 3.05) is 5.73 Å². The Balaban J connectivity index is 2.53. The Kier molecular flexibility index (Phi) is 2.52. The summed E-state index contributed by atoms with van der Waals surface area (Å²) in [5.41, 5.74) is 7.89. The molecule has 15 heavy (non-hydrogen) atoms. The molecule has 0 amide bonds. The summed E-state index contributed by atoms with van der Waals surface area (Å²) in [6, 6.07) is 12.2. The fourth-order valence-corrected chi connectivity index (χ4v) is 1.54. The van der Waals surface area contributed by atoms with Gasteiger partial charge in [0.1, 0.15) is 5.75 Å². The molecule has 0 heterocycles. The normalized spacial score (nSPS) is 10.2. The molecule has 0 atom stereocenters. The Morgan fingerprint density at radius 1 is 1.00 bits per heavy atom. The van der Waals surface area contributed by atoms with Crippen molar-refractivity contribution in [2.45, 2.75) is 0 Å². The molecule has 2 aromatic carbocycles. The molecular formula is C12H10ClNO. The lowest BCUT2D eigenvalue weighted by Gasteiger charge is -2.05. The molecule has 0 unspecified atom stereocenters. The third-order valence-corrected chi connectivity index (χ3v) is 2.43. The van der Waals surface area contributed by atoms with E-state index in [9.17, 15) is 5.11 Å². The predicted molar refractivity (Wildman–Crippen MR) is 63.0 cm³/mol. The van der Waals surface area contributed by atoms with Crippen molar-refractivity contribution in [3.05, 3.63) is 47.5 Å². The van der Waals surface area contributed by atoms with E-state index in [4.69, 9.17) is 17.3 Å². The van der Waals surface area contributed by atoms with Gasteiger partial charge in [-0.15, -0.1) is 0 Å². The maximum atomic E-state index is 9.67. The van der Waals surface area contributed by atoms with Crippen molar-refractivity contribution in [1.82, 2.24) is 0 Å². The highest BCUT2D eigenvalue weighted by Gasteiger charge is 2.04. The van der Waals surface area contributed by atoms with Gasteiger partial charge in [-0.1, -0.05) is 23.7 Å². The van der Waals surface area contributed by atoms with E-state index < -0.39 is 0 Å². The molecule has 0 radical (unpaired) electrons. The monoisotopic (exact) mass is 219 g/mol. The van der Waals surface area contributed by atoms with Crippen LogP contribution in [0.15, 0.2) is 42.5 Å². The maximum Gasteiger partial charge on any atom is 0.123 e. The predicted octanol–water partition coefficient (Wildman–Crippen LogP) is 3.29. The van der Waals surface area contributed by atoms with E-state index in [1.807, 2.05) is 12.1 Å². The van der Waals surface area contributed by atoms with Gasteiger partial charge in [-0.25, -0.2) is 0 Å². The summed E-state index contributed by atoms with van der Waals surface area (Å²) < 4.78 is 0. The van der Waals surface area contributed by atoms with Crippen LogP contribution in [0, 0.1) is 0 Å². The zero-order valence-corrected chi connectivity index (χ0v) is 8.70. The Labute approximate surface area is 92.9 Å². The van der Waals surface area contributed by atoms with Crippen LogP contribution in [0.5, 0.6) is 5.75 Å². The lowest BCUT2D eigenvalue weighted by Crippen LogP contribution is -1.86. The number of phenolic OH excluding ortho intramolecular Hbond substituents is 1. The van der Waals surface area contributed by atoms with E-state index in [0.29, 0.717) is 16.3 Å². The zero-order chi connectivity index (χ0) is 10.8. The van der Waals surface area contributed by atoms with E-state index in [1.165, 1.54) is 0 Å². The number of aromatic hydroxyl groups is 1. The second-order valence-electron chi connectivity index (χ2n) is 3.28. The number of benzene rings is 2. The summed E-state index contributed by atoms with van der Waals surface area (Å²) in [5, 5.41) is 10.3. The molecule has 0 aliphatic carbocycles. The number of nitrogens with two attached hydrogens (primary N) is 1. The first-order valence-corrected chi connectivity index (χ1v) is 4.89. The summed E-state index contributed by atoms with van der Waals surface area (Å²) in [6.07, 6.45) is 0. The van der Waals surface area contributed by atoms with Crippen LogP contribution in [-0.2, 0) is 0 Å². The van der Waals surface area contributed by atoms with Crippen LogP contribution in [0.1, 0.15) is 0 Å². The minimum absolute atomic E-state index is 0.214. The third kappa shape index (κ3) is 2.05. The van der Waals surface area contributed by atoms with Crippen molar-refractivity contribution < 1.29 is 5.11 Å². The lowest BCUT2D eigenvalue weighted by molar-refractivity contribution is 0.477. The summed E-state index contributed by atoms with van der Waals surface area (Å²) in [7, 11) is 0. The van der Waals surface area contributed by atoms with Crippen LogP contribution in [-0.4, -0.2) is 5.11 Å². The molecule has 0 saturated carbocycles. The van der Waals surface area contributed by atoms with Crippen LogP contribution in [0.3, 0.4) is 0 Å². The number of hydrogen-bond acceptors (Lipinski definition) is 2. The van der Waals surface area contributed by atoms with Gasteiger partial charge in [0.2, 0.25) is 0 Å². The van der Waals surface area contributed by atoms with E-state index in [-0.39, 0.29) is 5.75 Å². The molecule has 2 nitrogen and oxygen atoms in total. The van der Waals surface area contributed by atoms with E-state index in [2.05, 4.69) is 0 Å². The van der Waals surface area contributed by atoms with E-state index in [0.717, 1.165) is 5.56 Å². The van der Waals surface area contributed by atoms with Crippen molar-refractivity contribution in [3.8, 4) is 16.9 Å². The van der Waals surface area contributed by atoms with Crippen LogP contribution in [0.2, 0.25) is 5.02 Å². The summed E-state index contributed by atoms with van der Waals surface area (Å²) in [6.45, 7) is 0. The van der Waals surface area contributed by atoms with Gasteiger partial charge in [-0.2, -0.15) is 0 Å². The molecule has 0 bridgehead atoms. The van der Waals surface area contributed by atoms with Crippen LogP contribution < -0.4 is 5.73 Å². The first-order valence-electron chi connectivity index (χ1n) is 4.51. The Morgan fingerprint density at radius 3 is 2.33 bits per heavy atom. The van der Waals surface area contributed by atoms with Gasteiger partial charge in [0.15, 0.2) is 0 Å². The largest absolute Gasteiger partial charge is 0.507 e. The van der Waals surface area contributed by atoms with E-state index in [1.54, 1.807) is 30.3 Å². The van der Waals surface area contributed by atoms with Gasteiger partial charge in [0.05, 0.1) is 0 Å². The highest BCUT2D eigenvalue weighted by molar-refractivity contribution is 6.30. The van der Waals surface area contributed by atoms with Gasteiger partial charge in [-0.05, 0) is 35.9 Å². The lowest BCUT2D eigenvalue weighted by atomic mass is 10.0. The molecule has 0 aliphatic heterocycles. The minimum atomic E-state index is 0.214. The highest BCUT2D eigenvalue weighted by Crippen LogP contribution is 2.31. The molecule has 0 fully saturated rings. The first kappa shape index (κ1) is 9.87.